The number of rotatable bonds is 4. The zero-order chi connectivity index (χ0) is 14.1. The number of likely N-dealkylation sites (tertiary alicyclic amines) is 1. The van der Waals surface area contributed by atoms with E-state index in [0.29, 0.717) is 12.0 Å². The highest BCUT2D eigenvalue weighted by molar-refractivity contribution is 5.25. The Morgan fingerprint density at radius 1 is 1.20 bits per heavy atom. The Morgan fingerprint density at radius 2 is 1.90 bits per heavy atom. The van der Waals surface area contributed by atoms with Crippen LogP contribution in [0, 0.1) is 12.8 Å². The summed E-state index contributed by atoms with van der Waals surface area (Å²) in [5.74, 6) is 1.57. The molecule has 2 aliphatic rings. The van der Waals surface area contributed by atoms with Crippen molar-refractivity contribution >= 4 is 0 Å². The second-order valence-corrected chi connectivity index (χ2v) is 6.87. The van der Waals surface area contributed by atoms with Crippen molar-refractivity contribution in [3.05, 3.63) is 35.4 Å². The normalized spacial score (nSPS) is 29.4. The number of nitrogens with zero attached hydrogens (tertiary/aromatic N) is 1. The Hall–Kier alpha value is -0.860. The number of hydrogen-bond acceptors (Lipinski definition) is 2. The van der Waals surface area contributed by atoms with E-state index in [0.717, 1.165) is 24.9 Å². The smallest absolute Gasteiger partial charge is 0.0174 e. The van der Waals surface area contributed by atoms with Gasteiger partial charge in [0.05, 0.1) is 0 Å². The van der Waals surface area contributed by atoms with Crippen LogP contribution in [0.2, 0.25) is 0 Å². The molecule has 110 valence electrons. The fourth-order valence-electron chi connectivity index (χ4n) is 3.89. The highest BCUT2D eigenvalue weighted by atomic mass is 15.2. The summed E-state index contributed by atoms with van der Waals surface area (Å²) in [6, 6.07) is 10.2. The molecule has 0 bridgehead atoms. The fraction of sp³-hybridized carbons (Fsp3) is 0.667. The summed E-state index contributed by atoms with van der Waals surface area (Å²) in [7, 11) is 0. The maximum absolute atomic E-state index is 6.35. The van der Waals surface area contributed by atoms with Gasteiger partial charge >= 0.3 is 0 Å². The lowest BCUT2D eigenvalue weighted by molar-refractivity contribution is 0.116. The monoisotopic (exact) mass is 272 g/mol. The Kier molecular flexibility index (Phi) is 4.13. The molecule has 2 N–H and O–H groups in total. The quantitative estimate of drug-likeness (QED) is 0.911. The molecule has 2 fully saturated rings. The van der Waals surface area contributed by atoms with Crippen LogP contribution in [0.15, 0.2) is 24.3 Å². The van der Waals surface area contributed by atoms with Crippen molar-refractivity contribution in [2.45, 2.75) is 57.5 Å². The number of benzene rings is 1. The lowest BCUT2D eigenvalue weighted by Gasteiger charge is -2.41. The molecule has 1 aromatic carbocycles. The topological polar surface area (TPSA) is 29.3 Å². The van der Waals surface area contributed by atoms with E-state index < -0.39 is 0 Å². The van der Waals surface area contributed by atoms with Crippen molar-refractivity contribution in [1.29, 1.82) is 0 Å². The molecule has 1 saturated carbocycles. The van der Waals surface area contributed by atoms with Gasteiger partial charge in [-0.3, -0.25) is 4.90 Å². The summed E-state index contributed by atoms with van der Waals surface area (Å²) in [6.45, 7) is 6.79. The van der Waals surface area contributed by atoms with Crippen molar-refractivity contribution < 1.29 is 0 Å². The molecule has 0 radical (unpaired) electrons. The van der Waals surface area contributed by atoms with E-state index in [-0.39, 0.29) is 0 Å². The molecule has 1 saturated heterocycles. The van der Waals surface area contributed by atoms with Crippen LogP contribution in [0.4, 0.5) is 0 Å². The molecule has 0 aromatic heterocycles. The van der Waals surface area contributed by atoms with Gasteiger partial charge in [-0.1, -0.05) is 36.8 Å². The minimum Gasteiger partial charge on any atom is -0.327 e. The van der Waals surface area contributed by atoms with E-state index in [1.165, 1.54) is 36.9 Å². The van der Waals surface area contributed by atoms with Gasteiger partial charge in [0.15, 0.2) is 0 Å². The molecule has 1 aliphatic carbocycles. The molecule has 1 heterocycles. The summed E-state index contributed by atoms with van der Waals surface area (Å²) in [5, 5.41) is 0. The van der Waals surface area contributed by atoms with Gasteiger partial charge in [0.25, 0.3) is 0 Å². The van der Waals surface area contributed by atoms with Crippen molar-refractivity contribution in [3.63, 3.8) is 0 Å². The third-order valence-corrected chi connectivity index (χ3v) is 5.11. The fourth-order valence-corrected chi connectivity index (χ4v) is 3.89. The van der Waals surface area contributed by atoms with Crippen LogP contribution < -0.4 is 5.73 Å². The van der Waals surface area contributed by atoms with E-state index in [2.05, 4.69) is 43.0 Å². The number of nitrogens with two attached hydrogens (primary N) is 1. The number of hydrogen-bond donors (Lipinski definition) is 1. The van der Waals surface area contributed by atoms with Gasteiger partial charge in [0.2, 0.25) is 0 Å². The van der Waals surface area contributed by atoms with Crippen LogP contribution in [0.1, 0.15) is 49.7 Å². The molecule has 0 amide bonds. The Bertz CT molecular complexity index is 435. The number of piperidine rings is 1. The molecule has 3 atom stereocenters. The van der Waals surface area contributed by atoms with Crippen LogP contribution in [0.25, 0.3) is 0 Å². The van der Waals surface area contributed by atoms with Crippen molar-refractivity contribution in [2.24, 2.45) is 11.7 Å². The summed E-state index contributed by atoms with van der Waals surface area (Å²) in [5.41, 5.74) is 9.17. The summed E-state index contributed by atoms with van der Waals surface area (Å²) in [4.78, 5) is 2.69. The molecule has 0 spiro atoms. The molecule has 3 rings (SSSR count). The minimum atomic E-state index is 0.336. The van der Waals surface area contributed by atoms with E-state index in [1.807, 2.05) is 0 Å². The zero-order valence-electron chi connectivity index (χ0n) is 12.9. The van der Waals surface area contributed by atoms with Gasteiger partial charge < -0.3 is 5.73 Å². The predicted molar refractivity (Wildman–Crippen MR) is 84.9 cm³/mol. The highest BCUT2D eigenvalue weighted by Gasteiger charge is 2.37. The standard InChI is InChI=1S/C18H28N2/c1-3-18(15-8-9-15)20-11-16(10-17(19)12-20)14-6-4-13(2)5-7-14/h4-7,15-18H,3,8-12,19H2,1-2H3. The minimum absolute atomic E-state index is 0.336. The van der Waals surface area contributed by atoms with Gasteiger partial charge in [0.1, 0.15) is 0 Å². The van der Waals surface area contributed by atoms with E-state index in [1.54, 1.807) is 0 Å². The largest absolute Gasteiger partial charge is 0.327 e. The molecule has 3 unspecified atom stereocenters. The van der Waals surface area contributed by atoms with Crippen molar-refractivity contribution in [3.8, 4) is 0 Å². The number of aryl methyl sites for hydroxylation is 1. The average Bonchev–Trinajstić information content (AvgIpc) is 3.24. The molecule has 2 nitrogen and oxygen atoms in total. The molecular weight excluding hydrogens is 244 g/mol. The van der Waals surface area contributed by atoms with Crippen LogP contribution in [0.3, 0.4) is 0 Å². The second-order valence-electron chi connectivity index (χ2n) is 6.87. The van der Waals surface area contributed by atoms with Gasteiger partial charge in [-0.15, -0.1) is 0 Å². The molecule has 20 heavy (non-hydrogen) atoms. The second kappa shape index (κ2) is 5.87. The Balaban J connectivity index is 1.73. The SMILES string of the molecule is CCC(C1CC1)N1CC(N)CC(c2ccc(C)cc2)C1. The summed E-state index contributed by atoms with van der Waals surface area (Å²) in [6.07, 6.45) is 5.28. The maximum Gasteiger partial charge on any atom is 0.0174 e. The first kappa shape index (κ1) is 14.1. The Morgan fingerprint density at radius 3 is 2.50 bits per heavy atom. The first-order valence-electron chi connectivity index (χ1n) is 8.23. The third kappa shape index (κ3) is 3.07. The molecule has 1 aromatic rings. The zero-order valence-corrected chi connectivity index (χ0v) is 12.9. The van der Waals surface area contributed by atoms with Crippen LogP contribution in [-0.4, -0.2) is 30.1 Å². The average molecular weight is 272 g/mol. The van der Waals surface area contributed by atoms with Crippen LogP contribution >= 0.6 is 0 Å². The van der Waals surface area contributed by atoms with Gasteiger partial charge in [-0.2, -0.15) is 0 Å². The lowest BCUT2D eigenvalue weighted by atomic mass is 9.86. The van der Waals surface area contributed by atoms with Gasteiger partial charge in [-0.25, -0.2) is 0 Å². The molecule has 2 heteroatoms. The third-order valence-electron chi connectivity index (χ3n) is 5.11. The van der Waals surface area contributed by atoms with Crippen molar-refractivity contribution in [1.82, 2.24) is 4.90 Å². The van der Waals surface area contributed by atoms with Gasteiger partial charge in [0, 0.05) is 25.2 Å². The first-order chi connectivity index (χ1) is 9.67. The first-order valence-corrected chi connectivity index (χ1v) is 8.23. The van der Waals surface area contributed by atoms with Crippen molar-refractivity contribution in [2.75, 3.05) is 13.1 Å². The molecule has 1 aliphatic heterocycles. The van der Waals surface area contributed by atoms with E-state index in [4.69, 9.17) is 5.73 Å². The van der Waals surface area contributed by atoms with Crippen LogP contribution in [0.5, 0.6) is 0 Å². The maximum atomic E-state index is 6.35. The van der Waals surface area contributed by atoms with Crippen LogP contribution in [-0.2, 0) is 0 Å². The Labute approximate surface area is 123 Å². The predicted octanol–water partition coefficient (Wildman–Crippen LogP) is 3.30. The van der Waals surface area contributed by atoms with E-state index in [9.17, 15) is 0 Å². The lowest BCUT2D eigenvalue weighted by Crippen LogP contribution is -2.50. The van der Waals surface area contributed by atoms with Gasteiger partial charge in [-0.05, 0) is 50.0 Å². The molecular formula is C18H28N2. The summed E-state index contributed by atoms with van der Waals surface area (Å²) < 4.78 is 0. The summed E-state index contributed by atoms with van der Waals surface area (Å²) >= 11 is 0. The van der Waals surface area contributed by atoms with E-state index >= 15 is 0 Å². The highest BCUT2D eigenvalue weighted by Crippen LogP contribution is 2.39.